The molecule has 0 spiro atoms. The minimum absolute atomic E-state index is 0.0595. The summed E-state index contributed by atoms with van der Waals surface area (Å²) in [5.41, 5.74) is 0.0660. The molecule has 1 saturated heterocycles. The fourth-order valence-electron chi connectivity index (χ4n) is 2.82. The summed E-state index contributed by atoms with van der Waals surface area (Å²) in [4.78, 5) is 25.5. The standard InChI is InChI=1S/C16H21NO4/c1-16(2,12-6-4-5-7-13(12)21-3)15(20)17-9-8-11(10-17)14(18)19/h4-7,11H,8-10H2,1-3H3,(H,18,19). The zero-order valence-corrected chi connectivity index (χ0v) is 12.6. The maximum atomic E-state index is 12.8. The highest BCUT2D eigenvalue weighted by atomic mass is 16.5. The van der Waals surface area contributed by atoms with Crippen molar-refractivity contribution < 1.29 is 19.4 Å². The number of methoxy groups -OCH3 is 1. The van der Waals surface area contributed by atoms with Crippen LogP contribution in [0.2, 0.25) is 0 Å². The Balaban J connectivity index is 2.23. The predicted octanol–water partition coefficient (Wildman–Crippen LogP) is 1.91. The lowest BCUT2D eigenvalue weighted by Gasteiger charge is -2.30. The monoisotopic (exact) mass is 291 g/mol. The van der Waals surface area contributed by atoms with Crippen molar-refractivity contribution in [2.75, 3.05) is 20.2 Å². The first-order chi connectivity index (χ1) is 9.87. The molecule has 2 rings (SSSR count). The molecule has 1 aromatic carbocycles. The molecule has 0 aliphatic carbocycles. The Morgan fingerprint density at radius 3 is 2.57 bits per heavy atom. The van der Waals surface area contributed by atoms with Crippen molar-refractivity contribution in [1.82, 2.24) is 4.90 Å². The number of rotatable bonds is 4. The van der Waals surface area contributed by atoms with E-state index in [1.54, 1.807) is 12.0 Å². The van der Waals surface area contributed by atoms with E-state index in [9.17, 15) is 9.59 Å². The Morgan fingerprint density at radius 2 is 2.00 bits per heavy atom. The number of hydrogen-bond acceptors (Lipinski definition) is 3. The summed E-state index contributed by atoms with van der Waals surface area (Å²) in [5, 5.41) is 9.06. The topological polar surface area (TPSA) is 66.8 Å². The van der Waals surface area contributed by atoms with Crippen LogP contribution in [-0.4, -0.2) is 42.1 Å². The molecular formula is C16H21NO4. The van der Waals surface area contributed by atoms with Crippen LogP contribution < -0.4 is 4.74 Å². The zero-order valence-electron chi connectivity index (χ0n) is 12.6. The number of aliphatic carboxylic acids is 1. The summed E-state index contributed by atoms with van der Waals surface area (Å²) in [5.74, 6) is -0.677. The van der Waals surface area contributed by atoms with Gasteiger partial charge in [-0.15, -0.1) is 0 Å². The second-order valence-corrected chi connectivity index (χ2v) is 5.90. The fraction of sp³-hybridized carbons (Fsp3) is 0.500. The first-order valence-electron chi connectivity index (χ1n) is 7.03. The molecule has 0 saturated carbocycles. The van der Waals surface area contributed by atoms with Crippen molar-refractivity contribution >= 4 is 11.9 Å². The summed E-state index contributed by atoms with van der Waals surface area (Å²) in [6.45, 7) is 4.48. The van der Waals surface area contributed by atoms with Gasteiger partial charge in [0.15, 0.2) is 0 Å². The van der Waals surface area contributed by atoms with E-state index in [0.29, 0.717) is 18.7 Å². The molecule has 1 amide bonds. The average molecular weight is 291 g/mol. The first-order valence-corrected chi connectivity index (χ1v) is 7.03. The van der Waals surface area contributed by atoms with E-state index in [1.165, 1.54) is 0 Å². The number of hydrogen-bond donors (Lipinski definition) is 1. The average Bonchev–Trinajstić information content (AvgIpc) is 2.96. The molecule has 5 heteroatoms. The van der Waals surface area contributed by atoms with Crippen molar-refractivity contribution in [3.63, 3.8) is 0 Å². The first kappa shape index (κ1) is 15.4. The minimum Gasteiger partial charge on any atom is -0.496 e. The Kier molecular flexibility index (Phi) is 4.21. The molecule has 1 atom stereocenters. The fourth-order valence-corrected chi connectivity index (χ4v) is 2.82. The predicted molar refractivity (Wildman–Crippen MR) is 78.3 cm³/mol. The summed E-state index contributed by atoms with van der Waals surface area (Å²) in [7, 11) is 1.58. The third-order valence-electron chi connectivity index (χ3n) is 4.14. The van der Waals surface area contributed by atoms with Gasteiger partial charge in [0, 0.05) is 18.7 Å². The lowest BCUT2D eigenvalue weighted by Crippen LogP contribution is -2.42. The molecule has 1 aliphatic heterocycles. The number of carbonyl (C=O) groups is 2. The second-order valence-electron chi connectivity index (χ2n) is 5.90. The van der Waals surface area contributed by atoms with E-state index < -0.39 is 17.3 Å². The second kappa shape index (κ2) is 5.76. The molecule has 114 valence electrons. The van der Waals surface area contributed by atoms with Gasteiger partial charge in [-0.1, -0.05) is 18.2 Å². The number of para-hydroxylation sites is 1. The highest BCUT2D eigenvalue weighted by Crippen LogP contribution is 2.34. The number of carboxylic acid groups (broad SMARTS) is 1. The number of benzene rings is 1. The maximum Gasteiger partial charge on any atom is 0.308 e. The quantitative estimate of drug-likeness (QED) is 0.920. The Labute approximate surface area is 124 Å². The molecule has 0 aromatic heterocycles. The molecule has 21 heavy (non-hydrogen) atoms. The Bertz CT molecular complexity index is 553. The van der Waals surface area contributed by atoms with Crippen LogP contribution in [0.1, 0.15) is 25.8 Å². The number of ether oxygens (including phenoxy) is 1. The van der Waals surface area contributed by atoms with E-state index in [4.69, 9.17) is 9.84 Å². The molecule has 1 N–H and O–H groups in total. The number of amides is 1. The number of likely N-dealkylation sites (tertiary alicyclic amines) is 1. The normalized spacial score (nSPS) is 18.6. The van der Waals surface area contributed by atoms with Gasteiger partial charge in [-0.2, -0.15) is 0 Å². The number of carboxylic acids is 1. The molecule has 1 unspecified atom stereocenters. The highest BCUT2D eigenvalue weighted by molar-refractivity contribution is 5.89. The van der Waals surface area contributed by atoms with Gasteiger partial charge in [0.1, 0.15) is 5.75 Å². The molecule has 1 fully saturated rings. The van der Waals surface area contributed by atoms with Gasteiger partial charge in [0.2, 0.25) is 5.91 Å². The maximum absolute atomic E-state index is 12.8. The van der Waals surface area contributed by atoms with Gasteiger partial charge in [-0.05, 0) is 26.3 Å². The summed E-state index contributed by atoms with van der Waals surface area (Å²) in [6.07, 6.45) is 0.517. The van der Waals surface area contributed by atoms with Crippen LogP contribution in [0.15, 0.2) is 24.3 Å². The number of nitrogens with zero attached hydrogens (tertiary/aromatic N) is 1. The summed E-state index contributed by atoms with van der Waals surface area (Å²) >= 11 is 0. The minimum atomic E-state index is -0.833. The molecule has 0 bridgehead atoms. The molecule has 1 aliphatic rings. The third-order valence-corrected chi connectivity index (χ3v) is 4.14. The van der Waals surface area contributed by atoms with Crippen molar-refractivity contribution in [3.05, 3.63) is 29.8 Å². The summed E-state index contributed by atoms with van der Waals surface area (Å²) < 4.78 is 5.34. The van der Waals surface area contributed by atoms with E-state index >= 15 is 0 Å². The van der Waals surface area contributed by atoms with Crippen LogP contribution in [0.5, 0.6) is 5.75 Å². The van der Waals surface area contributed by atoms with E-state index in [2.05, 4.69) is 0 Å². The Hall–Kier alpha value is -2.04. The van der Waals surface area contributed by atoms with Crippen LogP contribution in [0.3, 0.4) is 0 Å². The Morgan fingerprint density at radius 1 is 1.33 bits per heavy atom. The van der Waals surface area contributed by atoms with E-state index in [1.807, 2.05) is 38.1 Å². The SMILES string of the molecule is COc1ccccc1C(C)(C)C(=O)N1CCC(C(=O)O)C1. The van der Waals surface area contributed by atoms with Crippen LogP contribution in [-0.2, 0) is 15.0 Å². The number of carbonyl (C=O) groups excluding carboxylic acids is 1. The van der Waals surface area contributed by atoms with Crippen molar-refractivity contribution in [2.45, 2.75) is 25.7 Å². The van der Waals surface area contributed by atoms with Crippen LogP contribution in [0, 0.1) is 5.92 Å². The molecule has 1 aromatic rings. The van der Waals surface area contributed by atoms with E-state index in [-0.39, 0.29) is 12.5 Å². The van der Waals surface area contributed by atoms with Gasteiger partial charge < -0.3 is 14.7 Å². The van der Waals surface area contributed by atoms with Gasteiger partial charge in [-0.25, -0.2) is 0 Å². The molecular weight excluding hydrogens is 270 g/mol. The van der Waals surface area contributed by atoms with Crippen LogP contribution >= 0.6 is 0 Å². The van der Waals surface area contributed by atoms with Crippen LogP contribution in [0.25, 0.3) is 0 Å². The highest BCUT2D eigenvalue weighted by Gasteiger charge is 2.40. The lowest BCUT2D eigenvalue weighted by molar-refractivity contribution is -0.141. The van der Waals surface area contributed by atoms with Gasteiger partial charge in [0.05, 0.1) is 18.4 Å². The van der Waals surface area contributed by atoms with Gasteiger partial charge in [-0.3, -0.25) is 9.59 Å². The molecule has 0 radical (unpaired) electrons. The largest absolute Gasteiger partial charge is 0.496 e. The van der Waals surface area contributed by atoms with Crippen molar-refractivity contribution in [2.24, 2.45) is 5.92 Å². The smallest absolute Gasteiger partial charge is 0.308 e. The zero-order chi connectivity index (χ0) is 15.6. The van der Waals surface area contributed by atoms with Crippen LogP contribution in [0.4, 0.5) is 0 Å². The van der Waals surface area contributed by atoms with Crippen molar-refractivity contribution in [1.29, 1.82) is 0 Å². The molecule has 5 nitrogen and oxygen atoms in total. The third kappa shape index (κ3) is 2.86. The molecule has 1 heterocycles. The van der Waals surface area contributed by atoms with Gasteiger partial charge in [0.25, 0.3) is 0 Å². The van der Waals surface area contributed by atoms with E-state index in [0.717, 1.165) is 5.56 Å². The van der Waals surface area contributed by atoms with Gasteiger partial charge >= 0.3 is 5.97 Å². The van der Waals surface area contributed by atoms with Crippen molar-refractivity contribution in [3.8, 4) is 5.75 Å². The summed E-state index contributed by atoms with van der Waals surface area (Å²) in [6, 6.07) is 7.44. The lowest BCUT2D eigenvalue weighted by atomic mass is 9.82.